The largest absolute Gasteiger partial charge is 0.422 e. The summed E-state index contributed by atoms with van der Waals surface area (Å²) in [5.74, 6) is -2.04. The maximum atomic E-state index is 12.8. The van der Waals surface area contributed by atoms with Crippen LogP contribution < -0.4 is 15.5 Å². The molecule has 186 valence electrons. The number of anilines is 1. The molecule has 2 amide bonds. The van der Waals surface area contributed by atoms with Crippen LogP contribution in [0.15, 0.2) is 108 Å². The average Bonchev–Trinajstić information content (AvgIpc) is 2.94. The van der Waals surface area contributed by atoms with Crippen LogP contribution in [0.25, 0.3) is 21.5 Å². The number of hydrazone groups is 1. The molecular weight excluding hydrogens is 478 g/mol. The highest BCUT2D eigenvalue weighted by Crippen LogP contribution is 2.28. The van der Waals surface area contributed by atoms with Gasteiger partial charge in [0.05, 0.1) is 11.8 Å². The maximum absolute atomic E-state index is 12.8. The van der Waals surface area contributed by atoms with Crippen molar-refractivity contribution in [3.8, 4) is 5.75 Å². The first-order valence-electron chi connectivity index (χ1n) is 11.9. The number of benzene rings is 5. The van der Waals surface area contributed by atoms with Gasteiger partial charge in [-0.2, -0.15) is 5.10 Å². The SMILES string of the molecule is Cc1cccc(C(=O)Oc2ccc3ccccc3c2/C=N\NC(=O)C(=O)Nc2cccc3ccccc23)c1. The Balaban J connectivity index is 1.36. The summed E-state index contributed by atoms with van der Waals surface area (Å²) in [7, 11) is 0. The van der Waals surface area contributed by atoms with Crippen LogP contribution in [0.4, 0.5) is 5.69 Å². The topological polar surface area (TPSA) is 96.9 Å². The predicted molar refractivity (Wildman–Crippen MR) is 148 cm³/mol. The summed E-state index contributed by atoms with van der Waals surface area (Å²) < 4.78 is 5.70. The monoisotopic (exact) mass is 501 g/mol. The highest BCUT2D eigenvalue weighted by Gasteiger charge is 2.16. The molecule has 2 N–H and O–H groups in total. The van der Waals surface area contributed by atoms with Crippen LogP contribution in [0, 0.1) is 6.92 Å². The van der Waals surface area contributed by atoms with Crippen molar-refractivity contribution in [3.05, 3.63) is 120 Å². The fraction of sp³-hybridized carbons (Fsp3) is 0.0323. The molecule has 7 nitrogen and oxygen atoms in total. The number of esters is 1. The summed E-state index contributed by atoms with van der Waals surface area (Å²) in [5, 5.41) is 10.0. The Kier molecular flexibility index (Phi) is 6.91. The zero-order valence-electron chi connectivity index (χ0n) is 20.5. The van der Waals surface area contributed by atoms with Crippen molar-refractivity contribution < 1.29 is 19.1 Å². The molecule has 0 atom stereocenters. The molecule has 0 saturated heterocycles. The Hall–Kier alpha value is -5.30. The molecule has 0 bridgehead atoms. The van der Waals surface area contributed by atoms with Gasteiger partial charge >= 0.3 is 17.8 Å². The number of carbonyl (C=O) groups excluding carboxylic acids is 3. The zero-order valence-corrected chi connectivity index (χ0v) is 20.5. The summed E-state index contributed by atoms with van der Waals surface area (Å²) in [6.45, 7) is 1.89. The lowest BCUT2D eigenvalue weighted by molar-refractivity contribution is -0.136. The quantitative estimate of drug-likeness (QED) is 0.108. The fourth-order valence-electron chi connectivity index (χ4n) is 4.15. The molecule has 0 spiro atoms. The fourth-order valence-corrected chi connectivity index (χ4v) is 4.15. The molecule has 5 aromatic rings. The van der Waals surface area contributed by atoms with E-state index < -0.39 is 17.8 Å². The van der Waals surface area contributed by atoms with Gasteiger partial charge in [-0.3, -0.25) is 9.59 Å². The van der Waals surface area contributed by atoms with Gasteiger partial charge in [0.1, 0.15) is 5.75 Å². The Labute approximate surface area is 218 Å². The maximum Gasteiger partial charge on any atom is 0.343 e. The normalized spacial score (nSPS) is 11.0. The lowest BCUT2D eigenvalue weighted by Crippen LogP contribution is -2.32. The van der Waals surface area contributed by atoms with E-state index in [0.29, 0.717) is 16.8 Å². The molecule has 5 rings (SSSR count). The van der Waals surface area contributed by atoms with Crippen molar-refractivity contribution in [1.82, 2.24) is 5.43 Å². The van der Waals surface area contributed by atoms with Gasteiger partial charge in [-0.1, -0.05) is 84.4 Å². The molecule has 0 heterocycles. The second-order valence-electron chi connectivity index (χ2n) is 8.64. The number of carbonyl (C=O) groups is 3. The van der Waals surface area contributed by atoms with Crippen LogP contribution in [-0.4, -0.2) is 24.0 Å². The van der Waals surface area contributed by atoms with Crippen LogP contribution in [0.3, 0.4) is 0 Å². The molecule has 0 aliphatic heterocycles. The average molecular weight is 502 g/mol. The summed E-state index contributed by atoms with van der Waals surface area (Å²) in [5.41, 5.74) is 4.62. The van der Waals surface area contributed by atoms with E-state index in [4.69, 9.17) is 4.74 Å². The Bertz CT molecular complexity index is 1720. The number of rotatable bonds is 5. The van der Waals surface area contributed by atoms with Gasteiger partial charge in [0.25, 0.3) is 0 Å². The molecule has 0 radical (unpaired) electrons. The van der Waals surface area contributed by atoms with Gasteiger partial charge in [0.15, 0.2) is 0 Å². The van der Waals surface area contributed by atoms with E-state index in [1.807, 2.05) is 73.7 Å². The summed E-state index contributed by atoms with van der Waals surface area (Å²) in [4.78, 5) is 37.8. The highest BCUT2D eigenvalue weighted by atomic mass is 16.5. The molecule has 7 heteroatoms. The Morgan fingerprint density at radius 2 is 1.42 bits per heavy atom. The van der Waals surface area contributed by atoms with Crippen LogP contribution in [-0.2, 0) is 9.59 Å². The van der Waals surface area contributed by atoms with Crippen LogP contribution >= 0.6 is 0 Å². The van der Waals surface area contributed by atoms with Crippen LogP contribution in [0.5, 0.6) is 5.75 Å². The number of hydrogen-bond acceptors (Lipinski definition) is 5. The smallest absolute Gasteiger partial charge is 0.343 e. The molecule has 0 saturated carbocycles. The van der Waals surface area contributed by atoms with E-state index in [0.717, 1.165) is 27.1 Å². The molecular formula is C31H23N3O4. The molecule has 0 aliphatic carbocycles. The standard InChI is InChI=1S/C31H23N3O4/c1-20-8-6-12-23(18-20)31(37)38-28-17-16-22-10-2-4-13-24(22)26(28)19-32-34-30(36)29(35)33-27-15-7-11-21-9-3-5-14-25(21)27/h2-19H,1H3,(H,33,35)(H,34,36)/b32-19-. The molecule has 0 aliphatic rings. The van der Waals surface area contributed by atoms with Crippen molar-refractivity contribution in [2.45, 2.75) is 6.92 Å². The molecule has 0 fully saturated rings. The van der Waals surface area contributed by atoms with Gasteiger partial charge in [-0.15, -0.1) is 0 Å². The third-order valence-corrected chi connectivity index (χ3v) is 5.99. The van der Waals surface area contributed by atoms with Gasteiger partial charge in [0.2, 0.25) is 0 Å². The lowest BCUT2D eigenvalue weighted by atomic mass is 10.0. The van der Waals surface area contributed by atoms with E-state index in [2.05, 4.69) is 15.8 Å². The van der Waals surface area contributed by atoms with Crippen molar-refractivity contribution in [3.63, 3.8) is 0 Å². The molecule has 38 heavy (non-hydrogen) atoms. The first kappa shape index (κ1) is 24.4. The Morgan fingerprint density at radius 1 is 0.737 bits per heavy atom. The van der Waals surface area contributed by atoms with E-state index in [9.17, 15) is 14.4 Å². The zero-order chi connectivity index (χ0) is 26.5. The number of hydrogen-bond donors (Lipinski definition) is 2. The van der Waals surface area contributed by atoms with E-state index in [-0.39, 0.29) is 5.75 Å². The van der Waals surface area contributed by atoms with Crippen molar-refractivity contribution >= 4 is 51.2 Å². The van der Waals surface area contributed by atoms with Crippen molar-refractivity contribution in [2.75, 3.05) is 5.32 Å². The summed E-state index contributed by atoms with van der Waals surface area (Å²) in [6.07, 6.45) is 1.37. The molecule has 0 unspecified atom stereocenters. The van der Waals surface area contributed by atoms with Gasteiger partial charge in [-0.05, 0) is 47.3 Å². The Morgan fingerprint density at radius 3 is 2.21 bits per heavy atom. The number of aryl methyl sites for hydroxylation is 1. The van der Waals surface area contributed by atoms with E-state index >= 15 is 0 Å². The predicted octanol–water partition coefficient (Wildman–Crippen LogP) is 5.61. The first-order chi connectivity index (χ1) is 18.5. The second kappa shape index (κ2) is 10.8. The third-order valence-electron chi connectivity index (χ3n) is 5.99. The number of amides is 2. The van der Waals surface area contributed by atoms with Gasteiger partial charge < -0.3 is 10.1 Å². The minimum atomic E-state index is -0.937. The number of nitrogens with one attached hydrogen (secondary N) is 2. The number of fused-ring (bicyclic) bond motifs is 2. The number of nitrogens with zero attached hydrogens (tertiary/aromatic N) is 1. The van der Waals surface area contributed by atoms with Gasteiger partial charge in [0, 0.05) is 16.6 Å². The van der Waals surface area contributed by atoms with E-state index in [1.54, 1.807) is 36.4 Å². The minimum Gasteiger partial charge on any atom is -0.422 e. The van der Waals surface area contributed by atoms with Gasteiger partial charge in [-0.25, -0.2) is 10.2 Å². The molecule has 0 aromatic heterocycles. The van der Waals surface area contributed by atoms with Crippen molar-refractivity contribution in [2.24, 2.45) is 5.10 Å². The lowest BCUT2D eigenvalue weighted by Gasteiger charge is -2.11. The number of ether oxygens (including phenoxy) is 1. The third kappa shape index (κ3) is 5.27. The highest BCUT2D eigenvalue weighted by molar-refractivity contribution is 6.40. The second-order valence-corrected chi connectivity index (χ2v) is 8.64. The first-order valence-corrected chi connectivity index (χ1v) is 11.9. The summed E-state index contributed by atoms with van der Waals surface area (Å²) >= 11 is 0. The minimum absolute atomic E-state index is 0.272. The van der Waals surface area contributed by atoms with Crippen LogP contribution in [0.2, 0.25) is 0 Å². The van der Waals surface area contributed by atoms with E-state index in [1.165, 1.54) is 6.21 Å². The van der Waals surface area contributed by atoms with Crippen LogP contribution in [0.1, 0.15) is 21.5 Å². The summed E-state index contributed by atoms with van der Waals surface area (Å²) in [6, 6.07) is 31.1. The van der Waals surface area contributed by atoms with Crippen molar-refractivity contribution in [1.29, 1.82) is 0 Å². The molecule has 5 aromatic carbocycles.